The summed E-state index contributed by atoms with van der Waals surface area (Å²) in [7, 11) is 0. The highest BCUT2D eigenvalue weighted by molar-refractivity contribution is 5.77. The van der Waals surface area contributed by atoms with Crippen LogP contribution in [-0.2, 0) is 14.3 Å². The molecular weight excluding hydrogens is 815 g/mol. The van der Waals surface area contributed by atoms with Crippen LogP contribution < -0.4 is 5.32 Å². The van der Waals surface area contributed by atoms with Gasteiger partial charge in [0.25, 0.3) is 0 Å². The van der Waals surface area contributed by atoms with Crippen molar-refractivity contribution in [3.63, 3.8) is 0 Å². The number of aliphatic hydroxyl groups excluding tert-OH is 2. The van der Waals surface area contributed by atoms with Gasteiger partial charge >= 0.3 is 5.97 Å². The zero-order chi connectivity index (χ0) is 48.1. The van der Waals surface area contributed by atoms with Gasteiger partial charge in [0.05, 0.1) is 25.2 Å². The van der Waals surface area contributed by atoms with E-state index < -0.39 is 18.2 Å². The number of rotatable bonds is 56. The quantitative estimate of drug-likeness (QED) is 0.0417. The van der Waals surface area contributed by atoms with E-state index in [9.17, 15) is 19.8 Å². The molecule has 0 aromatic heterocycles. The Kier molecular flexibility index (Phi) is 53.8. The Labute approximate surface area is 413 Å². The van der Waals surface area contributed by atoms with Gasteiger partial charge in [0.15, 0.2) is 0 Å². The van der Waals surface area contributed by atoms with Gasteiger partial charge in [0.1, 0.15) is 6.10 Å². The predicted octanol–water partition coefficient (Wildman–Crippen LogP) is 18.7. The van der Waals surface area contributed by atoms with Gasteiger partial charge in [0, 0.05) is 6.42 Å². The van der Waals surface area contributed by atoms with Crippen LogP contribution in [-0.4, -0.2) is 46.9 Å². The number of unbranched alkanes of at least 4 members (excludes halogenated alkanes) is 44. The maximum atomic E-state index is 13.3. The van der Waals surface area contributed by atoms with Crippen LogP contribution in [0.4, 0.5) is 0 Å². The number of nitrogens with one attached hydrogen (secondary N) is 1. The molecule has 3 N–H and O–H groups in total. The van der Waals surface area contributed by atoms with Gasteiger partial charge in [-0.05, 0) is 25.7 Å². The Morgan fingerprint density at radius 3 is 0.924 bits per heavy atom. The van der Waals surface area contributed by atoms with Gasteiger partial charge in [-0.2, -0.15) is 0 Å². The van der Waals surface area contributed by atoms with Crippen molar-refractivity contribution in [2.75, 3.05) is 6.61 Å². The van der Waals surface area contributed by atoms with Gasteiger partial charge in [0.2, 0.25) is 5.91 Å². The lowest BCUT2D eigenvalue weighted by atomic mass is 10.0. The summed E-state index contributed by atoms with van der Waals surface area (Å²) in [6.07, 6.45) is 61.7. The van der Waals surface area contributed by atoms with Crippen molar-refractivity contribution in [2.24, 2.45) is 0 Å². The summed E-state index contributed by atoms with van der Waals surface area (Å²) in [4.78, 5) is 26.3. The molecule has 6 nitrogen and oxygen atoms in total. The largest absolute Gasteiger partial charge is 0.462 e. The molecule has 0 fully saturated rings. The molecule has 0 bridgehead atoms. The van der Waals surface area contributed by atoms with Gasteiger partial charge in [-0.25, -0.2) is 0 Å². The van der Waals surface area contributed by atoms with E-state index in [4.69, 9.17) is 4.74 Å². The lowest BCUT2D eigenvalue weighted by Gasteiger charge is -2.24. The third kappa shape index (κ3) is 49.3. The summed E-state index contributed by atoms with van der Waals surface area (Å²) in [5.41, 5.74) is 0. The maximum absolute atomic E-state index is 13.3. The molecule has 0 aliphatic heterocycles. The Balaban J connectivity index is 4.45. The predicted molar refractivity (Wildman–Crippen MR) is 287 cm³/mol. The molecule has 0 spiro atoms. The molecule has 0 saturated heterocycles. The van der Waals surface area contributed by atoms with E-state index in [-0.39, 0.29) is 24.9 Å². The third-order valence-electron chi connectivity index (χ3n) is 14.4. The number of hydrogen-bond donors (Lipinski definition) is 3. The van der Waals surface area contributed by atoms with Crippen molar-refractivity contribution in [1.29, 1.82) is 0 Å². The Bertz CT molecular complexity index is 959. The summed E-state index contributed by atoms with van der Waals surface area (Å²) in [6.45, 7) is 6.54. The average molecular weight is 935 g/mol. The van der Waals surface area contributed by atoms with E-state index in [1.165, 1.54) is 263 Å². The summed E-state index contributed by atoms with van der Waals surface area (Å²) in [6, 6.07) is -0.693. The first kappa shape index (κ1) is 64.9. The topological polar surface area (TPSA) is 95.9 Å². The van der Waals surface area contributed by atoms with Crippen LogP contribution in [0.1, 0.15) is 348 Å². The van der Waals surface area contributed by atoms with Crippen molar-refractivity contribution in [3.05, 3.63) is 0 Å². The highest BCUT2D eigenvalue weighted by Gasteiger charge is 2.24. The Morgan fingerprint density at radius 2 is 0.636 bits per heavy atom. The van der Waals surface area contributed by atoms with Gasteiger partial charge < -0.3 is 20.3 Å². The van der Waals surface area contributed by atoms with E-state index in [2.05, 4.69) is 26.1 Å². The summed E-state index contributed by atoms with van der Waals surface area (Å²) in [5, 5.41) is 23.9. The van der Waals surface area contributed by atoms with Crippen LogP contribution in [0.5, 0.6) is 0 Å². The minimum absolute atomic E-state index is 0.0888. The monoisotopic (exact) mass is 934 g/mol. The molecule has 0 aromatic carbocycles. The molecule has 0 aromatic rings. The van der Waals surface area contributed by atoms with Gasteiger partial charge in [-0.3, -0.25) is 9.59 Å². The number of hydrogen-bond acceptors (Lipinski definition) is 5. The van der Waals surface area contributed by atoms with Crippen molar-refractivity contribution in [2.45, 2.75) is 366 Å². The normalized spacial score (nSPS) is 13.0. The first-order valence-corrected chi connectivity index (χ1v) is 30.3. The molecule has 6 heteroatoms. The molecule has 0 heterocycles. The summed E-state index contributed by atoms with van der Waals surface area (Å²) < 4.78 is 5.98. The second-order valence-corrected chi connectivity index (χ2v) is 21.1. The molecule has 0 rings (SSSR count). The van der Waals surface area contributed by atoms with E-state index in [0.29, 0.717) is 19.3 Å². The number of carbonyl (C=O) groups is 2. The fraction of sp³-hybridized carbons (Fsp3) is 0.967. The molecule has 0 radical (unpaired) electrons. The number of esters is 1. The van der Waals surface area contributed by atoms with E-state index in [1.54, 1.807) is 0 Å². The first-order chi connectivity index (χ1) is 32.5. The molecule has 3 unspecified atom stereocenters. The number of ether oxygens (including phenoxy) is 1. The lowest BCUT2D eigenvalue weighted by Crippen LogP contribution is -2.46. The molecule has 0 aliphatic carbocycles. The van der Waals surface area contributed by atoms with Crippen LogP contribution in [0.3, 0.4) is 0 Å². The SMILES string of the molecule is CCCCCCCCCCCCCCCCCCCCCC(=O)OC(CCCCCCCCCCCCCCCCC)CC(=O)NC(CO)C(O)CCCCCCCCCCCCCCC. The summed E-state index contributed by atoms with van der Waals surface area (Å²) in [5.74, 6) is -0.442. The van der Waals surface area contributed by atoms with Crippen molar-refractivity contribution < 1.29 is 24.5 Å². The third-order valence-corrected chi connectivity index (χ3v) is 14.4. The number of aliphatic hydroxyl groups is 2. The minimum atomic E-state index is -0.780. The first-order valence-electron chi connectivity index (χ1n) is 30.3. The zero-order valence-electron chi connectivity index (χ0n) is 45.1. The van der Waals surface area contributed by atoms with E-state index in [0.717, 1.165) is 38.5 Å². The van der Waals surface area contributed by atoms with Crippen LogP contribution in [0.2, 0.25) is 0 Å². The maximum Gasteiger partial charge on any atom is 0.306 e. The fourth-order valence-electron chi connectivity index (χ4n) is 9.85. The second kappa shape index (κ2) is 54.8. The Hall–Kier alpha value is -1.14. The van der Waals surface area contributed by atoms with Crippen LogP contribution in [0.15, 0.2) is 0 Å². The summed E-state index contributed by atoms with van der Waals surface area (Å²) >= 11 is 0. The van der Waals surface area contributed by atoms with E-state index >= 15 is 0 Å². The molecule has 394 valence electrons. The van der Waals surface area contributed by atoms with Gasteiger partial charge in [-0.1, -0.05) is 310 Å². The molecular formula is C60H119NO5. The van der Waals surface area contributed by atoms with Gasteiger partial charge in [-0.15, -0.1) is 0 Å². The lowest BCUT2D eigenvalue weighted by molar-refractivity contribution is -0.151. The van der Waals surface area contributed by atoms with Crippen molar-refractivity contribution in [3.8, 4) is 0 Å². The Morgan fingerprint density at radius 1 is 0.379 bits per heavy atom. The van der Waals surface area contributed by atoms with Crippen LogP contribution in [0.25, 0.3) is 0 Å². The van der Waals surface area contributed by atoms with E-state index in [1.807, 2.05) is 0 Å². The van der Waals surface area contributed by atoms with Crippen molar-refractivity contribution in [1.82, 2.24) is 5.32 Å². The molecule has 0 aliphatic rings. The smallest absolute Gasteiger partial charge is 0.306 e. The minimum Gasteiger partial charge on any atom is -0.462 e. The van der Waals surface area contributed by atoms with Crippen molar-refractivity contribution >= 4 is 11.9 Å². The fourth-order valence-corrected chi connectivity index (χ4v) is 9.85. The second-order valence-electron chi connectivity index (χ2n) is 21.1. The van der Waals surface area contributed by atoms with Crippen LogP contribution >= 0.6 is 0 Å². The number of amides is 1. The number of carbonyl (C=O) groups excluding carboxylic acids is 2. The molecule has 66 heavy (non-hydrogen) atoms. The highest BCUT2D eigenvalue weighted by Crippen LogP contribution is 2.20. The molecule has 0 saturated carbocycles. The highest BCUT2D eigenvalue weighted by atomic mass is 16.5. The molecule has 1 amide bonds. The zero-order valence-corrected chi connectivity index (χ0v) is 45.1. The standard InChI is InChI=1S/C60H119NO5/c1-4-7-10-13-16-19-22-25-27-28-29-30-32-35-38-41-44-47-50-53-60(65)66-56(51-48-45-42-39-36-34-31-26-23-20-17-14-11-8-5-2)54-59(64)61-57(55-62)58(63)52-49-46-43-40-37-33-24-21-18-15-12-9-6-3/h56-58,62-63H,4-55H2,1-3H3,(H,61,64). The van der Waals surface area contributed by atoms with Crippen LogP contribution in [0, 0.1) is 0 Å². The molecule has 3 atom stereocenters. The average Bonchev–Trinajstić information content (AvgIpc) is 3.31.